The SMILES string of the molecule is CC[C@H](NC(=O)C1(C#N)CCCC1)c1ccccc1. The zero-order valence-electron chi connectivity index (χ0n) is 11.4. The molecule has 1 N–H and O–H groups in total. The first-order valence-electron chi connectivity index (χ1n) is 6.99. The number of benzene rings is 1. The van der Waals surface area contributed by atoms with E-state index in [4.69, 9.17) is 0 Å². The van der Waals surface area contributed by atoms with Crippen molar-refractivity contribution in [2.45, 2.75) is 45.1 Å². The standard InChI is InChI=1S/C16H20N2O/c1-2-14(13-8-4-3-5-9-13)18-15(19)16(12-17)10-6-7-11-16/h3-5,8-9,14H,2,6-7,10-11H2,1H3,(H,18,19)/t14-/m0/s1. The second-order valence-electron chi connectivity index (χ2n) is 5.25. The molecule has 3 nitrogen and oxygen atoms in total. The van der Waals surface area contributed by atoms with Gasteiger partial charge in [-0.05, 0) is 24.8 Å². The fraction of sp³-hybridized carbons (Fsp3) is 0.500. The molecule has 3 heteroatoms. The molecule has 1 saturated carbocycles. The molecule has 1 aromatic rings. The van der Waals surface area contributed by atoms with Crippen molar-refractivity contribution in [1.82, 2.24) is 5.32 Å². The summed E-state index contributed by atoms with van der Waals surface area (Å²) in [6.45, 7) is 2.05. The summed E-state index contributed by atoms with van der Waals surface area (Å²) in [7, 11) is 0. The molecule has 0 saturated heterocycles. The highest BCUT2D eigenvalue weighted by Crippen LogP contribution is 2.38. The minimum atomic E-state index is -0.789. The Morgan fingerprint density at radius 1 is 1.37 bits per heavy atom. The maximum absolute atomic E-state index is 12.4. The number of nitrogens with one attached hydrogen (secondary N) is 1. The minimum Gasteiger partial charge on any atom is -0.348 e. The maximum atomic E-state index is 12.4. The van der Waals surface area contributed by atoms with Crippen molar-refractivity contribution in [2.24, 2.45) is 5.41 Å². The summed E-state index contributed by atoms with van der Waals surface area (Å²) in [6, 6.07) is 12.2. The van der Waals surface area contributed by atoms with Gasteiger partial charge in [0.2, 0.25) is 5.91 Å². The van der Waals surface area contributed by atoms with Crippen molar-refractivity contribution in [1.29, 1.82) is 5.26 Å². The third kappa shape index (κ3) is 2.78. The van der Waals surface area contributed by atoms with Gasteiger partial charge in [0, 0.05) is 0 Å². The van der Waals surface area contributed by atoms with E-state index in [9.17, 15) is 10.1 Å². The monoisotopic (exact) mass is 256 g/mol. The van der Waals surface area contributed by atoms with Crippen LogP contribution in [0.5, 0.6) is 0 Å². The van der Waals surface area contributed by atoms with Crippen molar-refractivity contribution in [2.75, 3.05) is 0 Å². The first-order valence-corrected chi connectivity index (χ1v) is 6.99. The van der Waals surface area contributed by atoms with E-state index in [1.165, 1.54) is 0 Å². The smallest absolute Gasteiger partial charge is 0.240 e. The second-order valence-corrected chi connectivity index (χ2v) is 5.25. The zero-order chi connectivity index (χ0) is 13.7. The highest BCUT2D eigenvalue weighted by Gasteiger charge is 2.42. The third-order valence-electron chi connectivity index (χ3n) is 4.02. The van der Waals surface area contributed by atoms with E-state index < -0.39 is 5.41 Å². The van der Waals surface area contributed by atoms with Crippen LogP contribution in [0, 0.1) is 16.7 Å². The Hall–Kier alpha value is -1.82. The Bertz CT molecular complexity index is 469. The molecular weight excluding hydrogens is 236 g/mol. The van der Waals surface area contributed by atoms with Crippen LogP contribution in [0.25, 0.3) is 0 Å². The molecule has 0 heterocycles. The summed E-state index contributed by atoms with van der Waals surface area (Å²) < 4.78 is 0. The molecule has 1 aromatic carbocycles. The van der Waals surface area contributed by atoms with Gasteiger partial charge < -0.3 is 5.32 Å². The molecule has 0 unspecified atom stereocenters. The number of carbonyl (C=O) groups excluding carboxylic acids is 1. The van der Waals surface area contributed by atoms with E-state index in [0.717, 1.165) is 24.8 Å². The van der Waals surface area contributed by atoms with Gasteiger partial charge in [-0.1, -0.05) is 50.1 Å². The van der Waals surface area contributed by atoms with Crippen molar-refractivity contribution in [3.05, 3.63) is 35.9 Å². The average Bonchev–Trinajstić information content (AvgIpc) is 2.95. The summed E-state index contributed by atoms with van der Waals surface area (Å²) in [5.74, 6) is -0.0943. The van der Waals surface area contributed by atoms with Gasteiger partial charge in [0.1, 0.15) is 5.41 Å². The number of hydrogen-bond donors (Lipinski definition) is 1. The lowest BCUT2D eigenvalue weighted by atomic mass is 9.86. The first-order chi connectivity index (χ1) is 9.22. The predicted octanol–water partition coefficient (Wildman–Crippen LogP) is 3.34. The van der Waals surface area contributed by atoms with Gasteiger partial charge in [0.15, 0.2) is 0 Å². The summed E-state index contributed by atoms with van der Waals surface area (Å²) in [6.07, 6.45) is 4.17. The average molecular weight is 256 g/mol. The van der Waals surface area contributed by atoms with E-state index in [-0.39, 0.29) is 11.9 Å². The summed E-state index contributed by atoms with van der Waals surface area (Å²) >= 11 is 0. The lowest BCUT2D eigenvalue weighted by molar-refractivity contribution is -0.128. The topological polar surface area (TPSA) is 52.9 Å². The van der Waals surface area contributed by atoms with Crippen LogP contribution in [0.4, 0.5) is 0 Å². The summed E-state index contributed by atoms with van der Waals surface area (Å²) in [5, 5.41) is 12.4. The Morgan fingerprint density at radius 3 is 2.53 bits per heavy atom. The maximum Gasteiger partial charge on any atom is 0.240 e. The van der Waals surface area contributed by atoms with Crippen LogP contribution in [0.1, 0.15) is 50.6 Å². The molecule has 0 aromatic heterocycles. The van der Waals surface area contributed by atoms with E-state index in [1.54, 1.807) is 0 Å². The van der Waals surface area contributed by atoms with E-state index in [1.807, 2.05) is 37.3 Å². The minimum absolute atomic E-state index is 0.000440. The molecular formula is C16H20N2O. The number of carbonyl (C=O) groups is 1. The Kier molecular flexibility index (Phi) is 4.21. The van der Waals surface area contributed by atoms with Gasteiger partial charge in [-0.2, -0.15) is 5.26 Å². The molecule has 19 heavy (non-hydrogen) atoms. The third-order valence-corrected chi connectivity index (χ3v) is 4.02. The molecule has 1 atom stereocenters. The van der Waals surface area contributed by atoms with E-state index >= 15 is 0 Å². The van der Waals surface area contributed by atoms with E-state index in [0.29, 0.717) is 12.8 Å². The number of amides is 1. The lowest BCUT2D eigenvalue weighted by Gasteiger charge is -2.24. The van der Waals surface area contributed by atoms with Crippen LogP contribution in [-0.2, 0) is 4.79 Å². The Balaban J connectivity index is 2.11. The van der Waals surface area contributed by atoms with Gasteiger partial charge >= 0.3 is 0 Å². The van der Waals surface area contributed by atoms with Crippen LogP contribution in [-0.4, -0.2) is 5.91 Å². The van der Waals surface area contributed by atoms with Gasteiger partial charge in [0.05, 0.1) is 12.1 Å². The van der Waals surface area contributed by atoms with Crippen LogP contribution < -0.4 is 5.32 Å². The number of nitrogens with zero attached hydrogens (tertiary/aromatic N) is 1. The van der Waals surface area contributed by atoms with Crippen molar-refractivity contribution in [3.8, 4) is 6.07 Å². The van der Waals surface area contributed by atoms with Gasteiger partial charge in [-0.15, -0.1) is 0 Å². The van der Waals surface area contributed by atoms with Gasteiger partial charge in [-0.3, -0.25) is 4.79 Å². The first kappa shape index (κ1) is 13.6. The highest BCUT2D eigenvalue weighted by atomic mass is 16.2. The van der Waals surface area contributed by atoms with Crippen molar-refractivity contribution < 1.29 is 4.79 Å². The Labute approximate surface area is 114 Å². The summed E-state index contributed by atoms with van der Waals surface area (Å²) in [4.78, 5) is 12.4. The normalized spacial score (nSPS) is 18.5. The number of nitriles is 1. The van der Waals surface area contributed by atoms with Crippen molar-refractivity contribution in [3.63, 3.8) is 0 Å². The summed E-state index contributed by atoms with van der Waals surface area (Å²) in [5.41, 5.74) is 0.312. The van der Waals surface area contributed by atoms with Crippen LogP contribution in [0.15, 0.2) is 30.3 Å². The predicted molar refractivity (Wildman–Crippen MR) is 74.1 cm³/mol. The quantitative estimate of drug-likeness (QED) is 0.898. The molecule has 1 aliphatic carbocycles. The molecule has 1 aliphatic rings. The molecule has 1 amide bonds. The lowest BCUT2D eigenvalue weighted by Crippen LogP contribution is -2.40. The Morgan fingerprint density at radius 2 is 2.00 bits per heavy atom. The van der Waals surface area contributed by atoms with Gasteiger partial charge in [0.25, 0.3) is 0 Å². The largest absolute Gasteiger partial charge is 0.348 e. The number of rotatable bonds is 4. The van der Waals surface area contributed by atoms with Crippen molar-refractivity contribution >= 4 is 5.91 Å². The van der Waals surface area contributed by atoms with Crippen LogP contribution in [0.3, 0.4) is 0 Å². The zero-order valence-corrected chi connectivity index (χ0v) is 11.4. The van der Waals surface area contributed by atoms with Crippen LogP contribution in [0.2, 0.25) is 0 Å². The van der Waals surface area contributed by atoms with Crippen LogP contribution >= 0.6 is 0 Å². The molecule has 0 aliphatic heterocycles. The molecule has 100 valence electrons. The van der Waals surface area contributed by atoms with E-state index in [2.05, 4.69) is 11.4 Å². The number of hydrogen-bond acceptors (Lipinski definition) is 2. The molecule has 0 bridgehead atoms. The fourth-order valence-electron chi connectivity index (χ4n) is 2.77. The molecule has 2 rings (SSSR count). The second kappa shape index (κ2) is 5.88. The highest BCUT2D eigenvalue weighted by molar-refractivity contribution is 5.86. The molecule has 0 radical (unpaired) electrons. The molecule has 0 spiro atoms. The van der Waals surface area contributed by atoms with Gasteiger partial charge in [-0.25, -0.2) is 0 Å². The fourth-order valence-corrected chi connectivity index (χ4v) is 2.77. The molecule has 1 fully saturated rings.